The fourth-order valence-corrected chi connectivity index (χ4v) is 9.20. The minimum atomic E-state index is -1.33. The number of hydrogen-bond donors (Lipinski definition) is 8. The lowest BCUT2D eigenvalue weighted by molar-refractivity contribution is -0.183. The van der Waals surface area contributed by atoms with Gasteiger partial charge in [0.1, 0.15) is 18.3 Å². The Morgan fingerprint density at radius 3 is 1.54 bits per heavy atom. The summed E-state index contributed by atoms with van der Waals surface area (Å²) in [4.78, 5) is 48.5. The Morgan fingerprint density at radius 1 is 0.600 bits per heavy atom. The first kappa shape index (κ1) is 61.3. The molecule has 3 fully saturated rings. The maximum Gasteiger partial charge on any atom is 0.330 e. The minimum absolute atomic E-state index is 0.00537. The molecule has 3 rings (SSSR count). The molecule has 16 atom stereocenters. The molecule has 0 amide bonds. The molecule has 0 aromatic heterocycles. The smallest absolute Gasteiger partial charge is 0.330 e. The zero-order chi connectivity index (χ0) is 51.9. The monoisotopic (exact) mass is 1000 g/mol. The van der Waals surface area contributed by atoms with Gasteiger partial charge in [0.15, 0.2) is 0 Å². The molecule has 0 aromatic carbocycles. The summed E-state index contributed by atoms with van der Waals surface area (Å²) in [6, 6.07) is 0. The van der Waals surface area contributed by atoms with E-state index in [4.69, 9.17) is 33.5 Å². The van der Waals surface area contributed by atoms with Crippen LogP contribution in [0.5, 0.6) is 0 Å². The summed E-state index contributed by atoms with van der Waals surface area (Å²) in [7, 11) is 0. The van der Waals surface area contributed by atoms with E-state index < -0.39 is 96.8 Å². The van der Waals surface area contributed by atoms with Gasteiger partial charge in [-0.25, -0.2) is 9.59 Å². The molecule has 18 nitrogen and oxygen atoms in total. The summed E-state index contributed by atoms with van der Waals surface area (Å²) < 4.78 is 34.0. The quantitative estimate of drug-likeness (QED) is 0.0143. The number of esters is 3. The normalized spacial score (nSPS) is 28.8. The zero-order valence-corrected chi connectivity index (χ0v) is 42.6. The van der Waals surface area contributed by atoms with E-state index >= 15 is 0 Å². The molecule has 0 radical (unpaired) electrons. The molecule has 404 valence electrons. The number of unbranched alkanes of at least 4 members (excludes halogenated alkanes) is 10. The fourth-order valence-electron chi connectivity index (χ4n) is 9.20. The Balaban J connectivity index is 1.31. The van der Waals surface area contributed by atoms with Gasteiger partial charge in [0.2, 0.25) is 0 Å². The molecule has 3 aliphatic rings. The van der Waals surface area contributed by atoms with Gasteiger partial charge in [-0.15, -0.1) is 0 Å². The maximum atomic E-state index is 13.0. The number of hydrogen-bond acceptors (Lipinski definition) is 17. The first-order valence-corrected chi connectivity index (χ1v) is 25.9. The van der Waals surface area contributed by atoms with E-state index in [1.165, 1.54) is 19.1 Å². The lowest BCUT2D eigenvalue weighted by atomic mass is 9.83. The van der Waals surface area contributed by atoms with E-state index in [9.17, 15) is 54.9 Å². The van der Waals surface area contributed by atoms with E-state index in [1.54, 1.807) is 27.7 Å². The van der Waals surface area contributed by atoms with E-state index in [-0.39, 0.29) is 82.6 Å². The number of carbonyl (C=O) groups excluding carboxylic acids is 3. The third-order valence-electron chi connectivity index (χ3n) is 14.2. The summed E-state index contributed by atoms with van der Waals surface area (Å²) in [6.07, 6.45) is 3.10. The number of carboxylic acid groups (broad SMARTS) is 1. The van der Waals surface area contributed by atoms with Crippen molar-refractivity contribution >= 4 is 23.9 Å². The standard InChI is InChI=1S/C52H88O18/c1-31(25-45(58)65-21-17-13-9-7-11-15-19-43(55)56)23-39-50(63)48(61)37(29-67-39)27-41(47(60)33(3)35(5)53)69-44(57)20-16-12-8-10-14-18-22-66-46(59)26-32(2)24-40-51(64)49(62)38(30-68-40)28-42-52(70-42)34(4)36(6)54/h25-26,33-42,47-54,60-64H,7-24,27-30H2,1-6H3,(H,55,56)/b31-25+,32-26+/t33-,34-,35-,36-,37-,38-,39-,40-,41-,42-,47-,48+,49+,50-,51-,52-/m0/s1. The Hall–Kier alpha value is -3.04. The van der Waals surface area contributed by atoms with Crippen LogP contribution in [-0.4, -0.2) is 164 Å². The molecule has 0 saturated carbocycles. The number of rotatable bonds is 34. The van der Waals surface area contributed by atoms with Gasteiger partial charge >= 0.3 is 23.9 Å². The lowest BCUT2D eigenvalue weighted by Gasteiger charge is -2.40. The highest BCUT2D eigenvalue weighted by Gasteiger charge is 2.48. The van der Waals surface area contributed by atoms with Gasteiger partial charge in [-0.3, -0.25) is 9.59 Å². The molecule has 0 spiro atoms. The number of ether oxygens (including phenoxy) is 6. The van der Waals surface area contributed by atoms with Crippen LogP contribution in [0.15, 0.2) is 23.3 Å². The van der Waals surface area contributed by atoms with E-state index in [0.717, 1.165) is 51.4 Å². The number of aliphatic carboxylic acids is 1. The molecule has 0 unspecified atom stereocenters. The molecule has 3 saturated heterocycles. The second-order valence-electron chi connectivity index (χ2n) is 20.4. The first-order valence-electron chi connectivity index (χ1n) is 25.9. The van der Waals surface area contributed by atoms with Gasteiger partial charge < -0.3 is 69.3 Å². The van der Waals surface area contributed by atoms with Crippen molar-refractivity contribution in [3.63, 3.8) is 0 Å². The number of carbonyl (C=O) groups is 4. The summed E-state index contributed by atoms with van der Waals surface area (Å²) in [5.74, 6) is -4.03. The molecular weight excluding hydrogens is 913 g/mol. The van der Waals surface area contributed by atoms with Gasteiger partial charge in [-0.05, 0) is 79.1 Å². The Bertz CT molecular complexity index is 1620. The van der Waals surface area contributed by atoms with Crippen molar-refractivity contribution in [2.75, 3.05) is 26.4 Å². The van der Waals surface area contributed by atoms with Crippen molar-refractivity contribution < 1.29 is 88.5 Å². The largest absolute Gasteiger partial charge is 0.481 e. The van der Waals surface area contributed by atoms with Gasteiger partial charge in [0, 0.05) is 48.7 Å². The molecular formula is C52H88O18. The Kier molecular flexibility index (Phi) is 28.2. The van der Waals surface area contributed by atoms with Crippen molar-refractivity contribution in [3.8, 4) is 0 Å². The van der Waals surface area contributed by atoms with E-state index in [1.807, 2.05) is 6.92 Å². The molecule has 70 heavy (non-hydrogen) atoms. The summed E-state index contributed by atoms with van der Waals surface area (Å²) in [6.45, 7) is 11.0. The molecule has 0 aromatic rings. The molecule has 3 aliphatic heterocycles. The third kappa shape index (κ3) is 22.4. The van der Waals surface area contributed by atoms with Gasteiger partial charge in [-0.2, -0.15) is 0 Å². The van der Waals surface area contributed by atoms with Crippen molar-refractivity contribution in [2.24, 2.45) is 23.7 Å². The SMILES string of the molecule is C/C(=C\C(=O)OCCCCCCCCC(=O)O)C[C@@H]1OC[C@H](C[C@H](OC(=O)CCCCCCCCOC(=O)/C=C(\C)C[C@@H]2OC[C@H](C[C@@H]3O[C@H]3[C@@H](C)[C@H](C)O)[C@@H](O)[C@H]2O)[C@@H](O)[C@@H](C)[C@H](C)O)[C@@H](O)[C@H]1O. The van der Waals surface area contributed by atoms with Crippen molar-refractivity contribution in [1.82, 2.24) is 0 Å². The fraction of sp³-hybridized carbons (Fsp3) is 0.846. The maximum absolute atomic E-state index is 13.0. The van der Waals surface area contributed by atoms with Gasteiger partial charge in [-0.1, -0.05) is 76.4 Å². The molecule has 18 heteroatoms. The van der Waals surface area contributed by atoms with Crippen LogP contribution in [0.4, 0.5) is 0 Å². The van der Waals surface area contributed by atoms with Crippen LogP contribution in [0.25, 0.3) is 0 Å². The predicted molar refractivity (Wildman–Crippen MR) is 257 cm³/mol. The highest BCUT2D eigenvalue weighted by atomic mass is 16.6. The van der Waals surface area contributed by atoms with Crippen molar-refractivity contribution in [3.05, 3.63) is 23.3 Å². The topological polar surface area (TPSA) is 289 Å². The highest BCUT2D eigenvalue weighted by Crippen LogP contribution is 2.39. The minimum Gasteiger partial charge on any atom is -0.481 e. The Labute approximate surface area is 415 Å². The van der Waals surface area contributed by atoms with Crippen LogP contribution in [0.2, 0.25) is 0 Å². The third-order valence-corrected chi connectivity index (χ3v) is 14.2. The zero-order valence-electron chi connectivity index (χ0n) is 42.6. The average molecular weight is 1000 g/mol. The average Bonchev–Trinajstić information content (AvgIpc) is 4.07. The van der Waals surface area contributed by atoms with Crippen LogP contribution in [0, 0.1) is 23.7 Å². The number of epoxide rings is 1. The van der Waals surface area contributed by atoms with Crippen LogP contribution in [0.3, 0.4) is 0 Å². The van der Waals surface area contributed by atoms with Crippen LogP contribution >= 0.6 is 0 Å². The molecule has 0 aliphatic carbocycles. The summed E-state index contributed by atoms with van der Waals surface area (Å²) in [5, 5.41) is 83.6. The second-order valence-corrected chi connectivity index (χ2v) is 20.4. The first-order chi connectivity index (χ1) is 33.2. The van der Waals surface area contributed by atoms with Crippen molar-refractivity contribution in [1.29, 1.82) is 0 Å². The molecule has 8 N–H and O–H groups in total. The Morgan fingerprint density at radius 2 is 1.06 bits per heavy atom. The van der Waals surface area contributed by atoms with Gasteiger partial charge in [0.05, 0.1) is 81.4 Å². The van der Waals surface area contributed by atoms with E-state index in [0.29, 0.717) is 43.3 Å². The number of aliphatic hydroxyl groups excluding tert-OH is 7. The van der Waals surface area contributed by atoms with Crippen LogP contribution in [0.1, 0.15) is 157 Å². The number of aliphatic hydroxyl groups is 7. The van der Waals surface area contributed by atoms with Gasteiger partial charge in [0.25, 0.3) is 0 Å². The van der Waals surface area contributed by atoms with E-state index in [2.05, 4.69) is 0 Å². The number of carboxylic acids is 1. The summed E-state index contributed by atoms with van der Waals surface area (Å²) >= 11 is 0. The van der Waals surface area contributed by atoms with Crippen LogP contribution in [-0.2, 0) is 47.6 Å². The highest BCUT2D eigenvalue weighted by molar-refractivity contribution is 5.83. The summed E-state index contributed by atoms with van der Waals surface area (Å²) in [5.41, 5.74) is 1.25. The second kappa shape index (κ2) is 32.2. The molecule has 3 heterocycles. The van der Waals surface area contributed by atoms with Crippen LogP contribution < -0.4 is 0 Å². The lowest BCUT2D eigenvalue weighted by Crippen LogP contribution is -2.52. The van der Waals surface area contributed by atoms with Crippen molar-refractivity contribution in [2.45, 2.75) is 230 Å². The predicted octanol–water partition coefficient (Wildman–Crippen LogP) is 4.62. The molecule has 0 bridgehead atoms.